The van der Waals surface area contributed by atoms with Crippen molar-refractivity contribution in [2.45, 2.75) is 6.10 Å². The van der Waals surface area contributed by atoms with E-state index in [4.69, 9.17) is 10.2 Å². The number of carbonyl (C=O) groups is 1. The Hall–Kier alpha value is -1.36. The third-order valence-corrected chi connectivity index (χ3v) is 1.34. The Morgan fingerprint density at radius 3 is 2.82 bits per heavy atom. The molecule has 1 atom stereocenters. The fraction of sp³-hybridized carbons (Fsp3) is 0.333. The van der Waals surface area contributed by atoms with Crippen molar-refractivity contribution in [3.05, 3.63) is 18.2 Å². The van der Waals surface area contributed by atoms with E-state index in [9.17, 15) is 4.79 Å². The van der Waals surface area contributed by atoms with Crippen LogP contribution in [0.4, 0.5) is 0 Å². The summed E-state index contributed by atoms with van der Waals surface area (Å²) in [6, 6.07) is 0. The van der Waals surface area contributed by atoms with Gasteiger partial charge in [-0.2, -0.15) is 0 Å². The lowest BCUT2D eigenvalue weighted by atomic mass is 10.3. The van der Waals surface area contributed by atoms with Crippen molar-refractivity contribution < 1.29 is 15.0 Å². The Bertz CT molecular complexity index is 269. The van der Waals surface area contributed by atoms with Gasteiger partial charge in [0.15, 0.2) is 0 Å². The van der Waals surface area contributed by atoms with Crippen molar-refractivity contribution >= 4 is 5.97 Å². The molecule has 0 aliphatic heterocycles. The summed E-state index contributed by atoms with van der Waals surface area (Å²) in [4.78, 5) is 13.9. The summed E-state index contributed by atoms with van der Waals surface area (Å²) in [5.41, 5.74) is 0. The number of hydrogen-bond acceptors (Lipinski definition) is 3. The maximum atomic E-state index is 10.2. The van der Waals surface area contributed by atoms with Gasteiger partial charge >= 0.3 is 5.97 Å². The average molecular weight is 156 g/mol. The number of imidazole rings is 1. The highest BCUT2D eigenvalue weighted by Gasteiger charge is 2.19. The number of aliphatic carboxylic acids is 1. The molecule has 0 aliphatic rings. The molecular formula is C6H8N2O3. The van der Waals surface area contributed by atoms with Crippen molar-refractivity contribution in [1.29, 1.82) is 0 Å². The molecule has 0 bridgehead atoms. The van der Waals surface area contributed by atoms with Crippen LogP contribution in [0, 0.1) is 0 Å². The second kappa shape index (κ2) is 2.71. The molecule has 0 aromatic carbocycles. The number of hydrogen-bond donors (Lipinski definition) is 2. The number of rotatable bonds is 2. The van der Waals surface area contributed by atoms with Gasteiger partial charge in [-0.1, -0.05) is 0 Å². The van der Waals surface area contributed by atoms with Gasteiger partial charge in [-0.25, -0.2) is 9.78 Å². The minimum absolute atomic E-state index is 0.137. The van der Waals surface area contributed by atoms with E-state index in [0.29, 0.717) is 0 Å². The monoisotopic (exact) mass is 156 g/mol. The average Bonchev–Trinajstić information content (AvgIpc) is 2.33. The summed E-state index contributed by atoms with van der Waals surface area (Å²) >= 11 is 0. The first-order valence-electron chi connectivity index (χ1n) is 3.01. The molecule has 2 N–H and O–H groups in total. The predicted molar refractivity (Wildman–Crippen MR) is 35.8 cm³/mol. The van der Waals surface area contributed by atoms with Crippen LogP contribution in [0.15, 0.2) is 12.4 Å². The Labute approximate surface area is 62.9 Å². The lowest BCUT2D eigenvalue weighted by Crippen LogP contribution is -2.14. The third kappa shape index (κ3) is 1.38. The molecule has 5 heteroatoms. The van der Waals surface area contributed by atoms with Crippen molar-refractivity contribution in [2.75, 3.05) is 0 Å². The Morgan fingerprint density at radius 1 is 1.82 bits per heavy atom. The molecule has 60 valence electrons. The Kier molecular flexibility index (Phi) is 1.91. The second-order valence-electron chi connectivity index (χ2n) is 2.14. The van der Waals surface area contributed by atoms with Gasteiger partial charge in [0.25, 0.3) is 0 Å². The second-order valence-corrected chi connectivity index (χ2v) is 2.14. The molecule has 5 nitrogen and oxygen atoms in total. The lowest BCUT2D eigenvalue weighted by molar-refractivity contribution is -0.147. The SMILES string of the molecule is Cn1ccnc1C(O)C(=O)O. The topological polar surface area (TPSA) is 75.3 Å². The lowest BCUT2D eigenvalue weighted by Gasteiger charge is -2.03. The van der Waals surface area contributed by atoms with Crippen LogP contribution in [-0.2, 0) is 11.8 Å². The maximum absolute atomic E-state index is 10.2. The van der Waals surface area contributed by atoms with Crippen LogP contribution in [0.1, 0.15) is 11.9 Å². The Morgan fingerprint density at radius 2 is 2.45 bits per heavy atom. The van der Waals surface area contributed by atoms with E-state index in [2.05, 4.69) is 4.98 Å². The van der Waals surface area contributed by atoms with E-state index in [1.165, 1.54) is 10.8 Å². The van der Waals surface area contributed by atoms with Crippen LogP contribution in [0.3, 0.4) is 0 Å². The first-order valence-corrected chi connectivity index (χ1v) is 3.01. The summed E-state index contributed by atoms with van der Waals surface area (Å²) in [6.45, 7) is 0. The zero-order valence-electron chi connectivity index (χ0n) is 5.93. The molecule has 0 radical (unpaired) electrons. The highest BCUT2D eigenvalue weighted by Crippen LogP contribution is 2.08. The normalized spacial score (nSPS) is 12.9. The first kappa shape index (κ1) is 7.74. The fourth-order valence-corrected chi connectivity index (χ4v) is 0.751. The van der Waals surface area contributed by atoms with E-state index in [0.717, 1.165) is 0 Å². The number of aliphatic hydroxyl groups excluding tert-OH is 1. The van der Waals surface area contributed by atoms with E-state index in [-0.39, 0.29) is 5.82 Å². The fourth-order valence-electron chi connectivity index (χ4n) is 0.751. The summed E-state index contributed by atoms with van der Waals surface area (Å²) < 4.78 is 1.46. The van der Waals surface area contributed by atoms with Crippen LogP contribution >= 0.6 is 0 Å². The highest BCUT2D eigenvalue weighted by molar-refractivity contribution is 5.72. The van der Waals surface area contributed by atoms with Gasteiger partial charge in [0, 0.05) is 19.4 Å². The van der Waals surface area contributed by atoms with E-state index in [1.54, 1.807) is 13.2 Å². The summed E-state index contributed by atoms with van der Waals surface area (Å²) in [5.74, 6) is -1.16. The number of aliphatic hydroxyl groups is 1. The number of aromatic nitrogens is 2. The predicted octanol–water partition coefficient (Wildman–Crippen LogP) is -0.462. The van der Waals surface area contributed by atoms with Gasteiger partial charge in [-0.3, -0.25) is 0 Å². The van der Waals surface area contributed by atoms with Gasteiger partial charge < -0.3 is 14.8 Å². The molecule has 11 heavy (non-hydrogen) atoms. The molecule has 0 saturated heterocycles. The van der Waals surface area contributed by atoms with Gasteiger partial charge in [0.1, 0.15) is 5.82 Å². The van der Waals surface area contributed by atoms with Crippen LogP contribution in [0.25, 0.3) is 0 Å². The minimum atomic E-state index is -1.53. The van der Waals surface area contributed by atoms with Gasteiger partial charge in [0.2, 0.25) is 6.10 Å². The van der Waals surface area contributed by atoms with Crippen LogP contribution in [0.5, 0.6) is 0 Å². The van der Waals surface area contributed by atoms with Gasteiger partial charge in [0.05, 0.1) is 0 Å². The Balaban J connectivity index is 2.92. The number of carboxylic acid groups (broad SMARTS) is 1. The van der Waals surface area contributed by atoms with E-state index < -0.39 is 12.1 Å². The van der Waals surface area contributed by atoms with Gasteiger partial charge in [-0.05, 0) is 0 Å². The van der Waals surface area contributed by atoms with Crippen molar-refractivity contribution in [3.63, 3.8) is 0 Å². The zero-order chi connectivity index (χ0) is 8.43. The zero-order valence-corrected chi connectivity index (χ0v) is 5.93. The molecular weight excluding hydrogens is 148 g/mol. The molecule has 0 aliphatic carbocycles. The number of aryl methyl sites for hydroxylation is 1. The molecule has 0 saturated carbocycles. The molecule has 1 unspecified atom stereocenters. The van der Waals surface area contributed by atoms with E-state index in [1.807, 2.05) is 0 Å². The van der Waals surface area contributed by atoms with Crippen molar-refractivity contribution in [3.8, 4) is 0 Å². The molecule has 0 amide bonds. The van der Waals surface area contributed by atoms with Gasteiger partial charge in [-0.15, -0.1) is 0 Å². The molecule has 0 spiro atoms. The summed E-state index contributed by atoms with van der Waals surface area (Å²) in [5, 5.41) is 17.4. The smallest absolute Gasteiger partial charge is 0.340 e. The van der Waals surface area contributed by atoms with Crippen LogP contribution in [0.2, 0.25) is 0 Å². The molecule has 0 fully saturated rings. The minimum Gasteiger partial charge on any atom is -0.479 e. The largest absolute Gasteiger partial charge is 0.479 e. The third-order valence-electron chi connectivity index (χ3n) is 1.34. The van der Waals surface area contributed by atoms with E-state index >= 15 is 0 Å². The maximum Gasteiger partial charge on any atom is 0.340 e. The quantitative estimate of drug-likeness (QED) is 0.607. The molecule has 1 aromatic rings. The van der Waals surface area contributed by atoms with Crippen molar-refractivity contribution in [2.24, 2.45) is 7.05 Å². The molecule has 1 rings (SSSR count). The summed E-state index contributed by atoms with van der Waals surface area (Å²) in [7, 11) is 1.62. The number of carboxylic acids is 1. The molecule has 1 aromatic heterocycles. The first-order chi connectivity index (χ1) is 5.13. The summed E-state index contributed by atoms with van der Waals surface area (Å²) in [6.07, 6.45) is 1.47. The van der Waals surface area contributed by atoms with Crippen molar-refractivity contribution in [1.82, 2.24) is 9.55 Å². The highest BCUT2D eigenvalue weighted by atomic mass is 16.4. The van der Waals surface area contributed by atoms with Crippen LogP contribution < -0.4 is 0 Å². The number of nitrogens with zero attached hydrogens (tertiary/aromatic N) is 2. The standard InChI is InChI=1S/C6H8N2O3/c1-8-3-2-7-5(8)4(9)6(10)11/h2-4,9H,1H3,(H,10,11). The van der Waals surface area contributed by atoms with Crippen LogP contribution in [-0.4, -0.2) is 25.7 Å². The molecule has 1 heterocycles.